The summed E-state index contributed by atoms with van der Waals surface area (Å²) in [5, 5.41) is 12.7. The molecule has 1 aliphatic rings. The van der Waals surface area contributed by atoms with E-state index < -0.39 is 12.2 Å². The number of hydrogen-bond acceptors (Lipinski definition) is 3. The summed E-state index contributed by atoms with van der Waals surface area (Å²) in [5.74, 6) is -0.322. The molecule has 1 aliphatic carbocycles. The maximum atomic E-state index is 12.9. The van der Waals surface area contributed by atoms with E-state index in [-0.39, 0.29) is 24.9 Å². The van der Waals surface area contributed by atoms with Gasteiger partial charge >= 0.3 is 6.09 Å². The van der Waals surface area contributed by atoms with Gasteiger partial charge in [-0.15, -0.1) is 0 Å². The molecule has 1 atom stereocenters. The van der Waals surface area contributed by atoms with E-state index >= 15 is 0 Å². The molecule has 4 nitrogen and oxygen atoms in total. The standard InChI is InChI=1S/C24H22FNO3/c25-17-11-9-16(10-12-17)13-18(27)14-26-24(28)29-15-23-21-7-3-1-5-19(21)20-6-2-4-8-22(20)23/h1-12,18,23,27H,13-15H2,(H,26,28). The molecule has 0 spiro atoms. The van der Waals surface area contributed by atoms with Crippen LogP contribution in [0.2, 0.25) is 0 Å². The van der Waals surface area contributed by atoms with Gasteiger partial charge in [-0.25, -0.2) is 9.18 Å². The minimum Gasteiger partial charge on any atom is -0.449 e. The molecular weight excluding hydrogens is 369 g/mol. The number of rotatable bonds is 6. The third-order valence-corrected chi connectivity index (χ3v) is 5.21. The molecule has 3 aromatic rings. The zero-order chi connectivity index (χ0) is 20.2. The number of aliphatic hydroxyl groups is 1. The molecule has 29 heavy (non-hydrogen) atoms. The molecule has 0 saturated heterocycles. The summed E-state index contributed by atoms with van der Waals surface area (Å²) in [6, 6.07) is 22.2. The Kier molecular flexibility index (Phi) is 5.58. The molecule has 0 bridgehead atoms. The Morgan fingerprint density at radius 2 is 1.55 bits per heavy atom. The van der Waals surface area contributed by atoms with Gasteiger partial charge in [0.1, 0.15) is 12.4 Å². The molecule has 0 radical (unpaired) electrons. The average Bonchev–Trinajstić information content (AvgIpc) is 3.06. The lowest BCUT2D eigenvalue weighted by molar-refractivity contribution is 0.128. The lowest BCUT2D eigenvalue weighted by Crippen LogP contribution is -2.34. The van der Waals surface area contributed by atoms with Crippen molar-refractivity contribution < 1.29 is 19.0 Å². The van der Waals surface area contributed by atoms with Gasteiger partial charge in [-0.3, -0.25) is 0 Å². The van der Waals surface area contributed by atoms with E-state index in [0.29, 0.717) is 6.42 Å². The summed E-state index contributed by atoms with van der Waals surface area (Å²) in [4.78, 5) is 12.1. The minimum absolute atomic E-state index is 0.00251. The van der Waals surface area contributed by atoms with E-state index in [9.17, 15) is 14.3 Å². The van der Waals surface area contributed by atoms with Gasteiger partial charge in [0.25, 0.3) is 0 Å². The topological polar surface area (TPSA) is 58.6 Å². The molecule has 0 aromatic heterocycles. The van der Waals surface area contributed by atoms with Crippen molar-refractivity contribution in [3.05, 3.63) is 95.3 Å². The van der Waals surface area contributed by atoms with E-state index in [0.717, 1.165) is 16.7 Å². The summed E-state index contributed by atoms with van der Waals surface area (Å²) >= 11 is 0. The molecule has 0 fully saturated rings. The molecule has 3 aromatic carbocycles. The van der Waals surface area contributed by atoms with E-state index in [2.05, 4.69) is 29.6 Å². The van der Waals surface area contributed by atoms with Gasteiger partial charge in [-0.05, 0) is 39.9 Å². The van der Waals surface area contributed by atoms with Crippen LogP contribution in [-0.2, 0) is 11.2 Å². The van der Waals surface area contributed by atoms with E-state index in [1.807, 2.05) is 24.3 Å². The predicted octanol–water partition coefficient (Wildman–Crippen LogP) is 4.27. The summed E-state index contributed by atoms with van der Waals surface area (Å²) in [7, 11) is 0. The zero-order valence-electron chi connectivity index (χ0n) is 15.8. The molecule has 0 heterocycles. The number of amides is 1. The molecule has 2 N–H and O–H groups in total. The number of aliphatic hydroxyl groups excluding tert-OH is 1. The first-order valence-corrected chi connectivity index (χ1v) is 9.63. The first-order chi connectivity index (χ1) is 14.1. The van der Waals surface area contributed by atoms with Crippen LogP contribution in [0, 0.1) is 5.82 Å². The number of fused-ring (bicyclic) bond motifs is 3. The van der Waals surface area contributed by atoms with Crippen molar-refractivity contribution >= 4 is 6.09 Å². The fourth-order valence-electron chi connectivity index (χ4n) is 3.82. The van der Waals surface area contributed by atoms with Gasteiger partial charge in [0.05, 0.1) is 6.10 Å². The molecular formula is C24H22FNO3. The first-order valence-electron chi connectivity index (χ1n) is 9.63. The fourth-order valence-corrected chi connectivity index (χ4v) is 3.82. The number of benzene rings is 3. The van der Waals surface area contributed by atoms with Crippen molar-refractivity contribution in [2.45, 2.75) is 18.4 Å². The predicted molar refractivity (Wildman–Crippen MR) is 109 cm³/mol. The van der Waals surface area contributed by atoms with Crippen molar-refractivity contribution in [1.29, 1.82) is 0 Å². The molecule has 148 valence electrons. The first kappa shape index (κ1) is 19.2. The van der Waals surface area contributed by atoms with Crippen molar-refractivity contribution in [3.8, 4) is 11.1 Å². The second-order valence-corrected chi connectivity index (χ2v) is 7.19. The highest BCUT2D eigenvalue weighted by atomic mass is 19.1. The van der Waals surface area contributed by atoms with Crippen LogP contribution in [0.4, 0.5) is 9.18 Å². The van der Waals surface area contributed by atoms with Gasteiger partial charge < -0.3 is 15.2 Å². The van der Waals surface area contributed by atoms with Crippen LogP contribution in [0.1, 0.15) is 22.6 Å². The Bertz CT molecular complexity index is 958. The van der Waals surface area contributed by atoms with Gasteiger partial charge in [0.2, 0.25) is 0 Å². The molecule has 0 aliphatic heterocycles. The number of carbonyl (C=O) groups is 1. The summed E-state index contributed by atoms with van der Waals surface area (Å²) < 4.78 is 18.4. The van der Waals surface area contributed by atoms with E-state index in [1.165, 1.54) is 23.3 Å². The summed E-state index contributed by atoms with van der Waals surface area (Å²) in [6.07, 6.45) is -1.02. The monoisotopic (exact) mass is 391 g/mol. The Balaban J connectivity index is 1.31. The van der Waals surface area contributed by atoms with Crippen molar-refractivity contribution in [2.75, 3.05) is 13.2 Å². The third-order valence-electron chi connectivity index (χ3n) is 5.21. The SMILES string of the molecule is O=C(NCC(O)Cc1ccc(F)cc1)OCC1c2ccccc2-c2ccccc21. The molecule has 0 saturated carbocycles. The van der Waals surface area contributed by atoms with Crippen LogP contribution in [-0.4, -0.2) is 30.5 Å². The molecule has 1 unspecified atom stereocenters. The Labute approximate surface area is 169 Å². The smallest absolute Gasteiger partial charge is 0.407 e. The van der Waals surface area contributed by atoms with E-state index in [1.54, 1.807) is 12.1 Å². The third kappa shape index (κ3) is 4.30. The fraction of sp³-hybridized carbons (Fsp3) is 0.208. The Morgan fingerprint density at radius 1 is 0.966 bits per heavy atom. The lowest BCUT2D eigenvalue weighted by Gasteiger charge is -2.16. The average molecular weight is 391 g/mol. The normalized spacial score (nSPS) is 13.4. The second kappa shape index (κ2) is 8.45. The molecule has 4 rings (SSSR count). The number of hydrogen-bond donors (Lipinski definition) is 2. The second-order valence-electron chi connectivity index (χ2n) is 7.19. The highest BCUT2D eigenvalue weighted by molar-refractivity contribution is 5.79. The van der Waals surface area contributed by atoms with Crippen LogP contribution in [0.3, 0.4) is 0 Å². The Morgan fingerprint density at radius 3 is 2.17 bits per heavy atom. The van der Waals surface area contributed by atoms with Crippen molar-refractivity contribution in [3.63, 3.8) is 0 Å². The van der Waals surface area contributed by atoms with Crippen LogP contribution in [0.25, 0.3) is 11.1 Å². The van der Waals surface area contributed by atoms with Crippen LogP contribution in [0.5, 0.6) is 0 Å². The minimum atomic E-state index is -0.777. The number of carbonyl (C=O) groups excluding carboxylic acids is 1. The highest BCUT2D eigenvalue weighted by Gasteiger charge is 2.29. The van der Waals surface area contributed by atoms with Gasteiger partial charge in [-0.1, -0.05) is 60.7 Å². The number of nitrogens with one attached hydrogen (secondary N) is 1. The quantitative estimate of drug-likeness (QED) is 0.660. The maximum absolute atomic E-state index is 12.9. The van der Waals surface area contributed by atoms with E-state index in [4.69, 9.17) is 4.74 Å². The van der Waals surface area contributed by atoms with Gasteiger partial charge in [-0.2, -0.15) is 0 Å². The van der Waals surface area contributed by atoms with Crippen LogP contribution in [0.15, 0.2) is 72.8 Å². The van der Waals surface area contributed by atoms with Crippen LogP contribution >= 0.6 is 0 Å². The Hall–Kier alpha value is -3.18. The van der Waals surface area contributed by atoms with Gasteiger partial charge in [0, 0.05) is 18.9 Å². The zero-order valence-corrected chi connectivity index (χ0v) is 15.8. The lowest BCUT2D eigenvalue weighted by atomic mass is 9.98. The summed E-state index contributed by atoms with van der Waals surface area (Å²) in [5.41, 5.74) is 5.45. The maximum Gasteiger partial charge on any atom is 0.407 e. The number of halogens is 1. The van der Waals surface area contributed by atoms with Gasteiger partial charge in [0.15, 0.2) is 0 Å². The highest BCUT2D eigenvalue weighted by Crippen LogP contribution is 2.44. The summed E-state index contributed by atoms with van der Waals surface area (Å²) in [6.45, 7) is 0.294. The van der Waals surface area contributed by atoms with Crippen molar-refractivity contribution in [1.82, 2.24) is 5.32 Å². The number of alkyl carbamates (subject to hydrolysis) is 1. The number of ether oxygens (including phenoxy) is 1. The molecule has 1 amide bonds. The van der Waals surface area contributed by atoms with Crippen LogP contribution < -0.4 is 5.32 Å². The van der Waals surface area contributed by atoms with Crippen molar-refractivity contribution in [2.24, 2.45) is 0 Å². The largest absolute Gasteiger partial charge is 0.449 e. The molecule has 5 heteroatoms.